The lowest BCUT2D eigenvalue weighted by atomic mass is 10.1. The summed E-state index contributed by atoms with van der Waals surface area (Å²) in [5.74, 6) is -0.943. The molecule has 0 amide bonds. The minimum absolute atomic E-state index is 0.0868. The number of piperidine rings is 1. The van der Waals surface area contributed by atoms with Gasteiger partial charge in [-0.1, -0.05) is 0 Å². The zero-order chi connectivity index (χ0) is 18.0. The van der Waals surface area contributed by atoms with Crippen molar-refractivity contribution >= 4 is 10.0 Å². The Hall–Kier alpha value is -2.13. The molecule has 0 radical (unpaired) electrons. The monoisotopic (exact) mass is 369 g/mol. The fourth-order valence-electron chi connectivity index (χ4n) is 2.72. The Labute approximate surface area is 144 Å². The van der Waals surface area contributed by atoms with Crippen LogP contribution in [0.1, 0.15) is 18.7 Å². The highest BCUT2D eigenvalue weighted by molar-refractivity contribution is 7.89. The number of hydrogen-bond donors (Lipinski definition) is 0. The summed E-state index contributed by atoms with van der Waals surface area (Å²) in [6.07, 6.45) is 2.40. The standard InChI is InChI=1S/C16H17F2N3O3S/c1-11-19-5-4-16(20-11)24-14-3-2-6-21(10-14)25(22,23)15-8-12(17)7-13(18)9-15/h4-5,7-9,14H,2-3,6,10H2,1H3. The van der Waals surface area contributed by atoms with E-state index in [1.54, 1.807) is 19.2 Å². The van der Waals surface area contributed by atoms with Gasteiger partial charge in [-0.25, -0.2) is 22.2 Å². The molecule has 1 atom stereocenters. The van der Waals surface area contributed by atoms with Crippen LogP contribution in [0, 0.1) is 18.6 Å². The molecule has 2 aromatic rings. The van der Waals surface area contributed by atoms with E-state index < -0.39 is 32.7 Å². The maximum Gasteiger partial charge on any atom is 0.243 e. The van der Waals surface area contributed by atoms with Gasteiger partial charge in [-0.05, 0) is 31.9 Å². The Kier molecular flexibility index (Phi) is 4.96. The second kappa shape index (κ2) is 7.01. The summed E-state index contributed by atoms with van der Waals surface area (Å²) < 4.78 is 59.0. The third-order valence-corrected chi connectivity index (χ3v) is 5.70. The molecule has 9 heteroatoms. The molecular formula is C16H17F2N3O3S. The van der Waals surface area contributed by atoms with Crippen LogP contribution in [0.4, 0.5) is 8.78 Å². The number of nitrogens with zero attached hydrogens (tertiary/aromatic N) is 3. The number of sulfonamides is 1. The van der Waals surface area contributed by atoms with Crippen molar-refractivity contribution in [2.24, 2.45) is 0 Å². The topological polar surface area (TPSA) is 72.4 Å². The normalized spacial score (nSPS) is 18.9. The van der Waals surface area contributed by atoms with Crippen LogP contribution in [0.5, 0.6) is 5.88 Å². The zero-order valence-electron chi connectivity index (χ0n) is 13.5. The van der Waals surface area contributed by atoms with E-state index in [4.69, 9.17) is 4.74 Å². The summed E-state index contributed by atoms with van der Waals surface area (Å²) in [5, 5.41) is 0. The van der Waals surface area contributed by atoms with Gasteiger partial charge >= 0.3 is 0 Å². The average molecular weight is 369 g/mol. The predicted octanol–water partition coefficient (Wildman–Crippen LogP) is 2.30. The van der Waals surface area contributed by atoms with Gasteiger partial charge in [-0.2, -0.15) is 9.29 Å². The summed E-state index contributed by atoms with van der Waals surface area (Å²) in [6.45, 7) is 2.08. The fourth-order valence-corrected chi connectivity index (χ4v) is 4.27. The third-order valence-electron chi connectivity index (χ3n) is 3.85. The number of benzene rings is 1. The van der Waals surface area contributed by atoms with E-state index in [2.05, 4.69) is 9.97 Å². The SMILES string of the molecule is Cc1nccc(OC2CCCN(S(=O)(=O)c3cc(F)cc(F)c3)C2)n1. The molecule has 134 valence electrons. The quantitative estimate of drug-likeness (QED) is 0.827. The second-order valence-electron chi connectivity index (χ2n) is 5.79. The molecule has 0 saturated carbocycles. The first-order chi connectivity index (χ1) is 11.8. The largest absolute Gasteiger partial charge is 0.473 e. The Morgan fingerprint density at radius 1 is 1.24 bits per heavy atom. The summed E-state index contributed by atoms with van der Waals surface area (Å²) in [5.41, 5.74) is 0. The molecule has 1 aromatic heterocycles. The van der Waals surface area contributed by atoms with Gasteiger partial charge in [0.05, 0.1) is 11.4 Å². The molecule has 0 bridgehead atoms. The van der Waals surface area contributed by atoms with Crippen LogP contribution < -0.4 is 4.74 Å². The van der Waals surface area contributed by atoms with Crippen LogP contribution in [0.25, 0.3) is 0 Å². The van der Waals surface area contributed by atoms with E-state index in [0.29, 0.717) is 30.6 Å². The van der Waals surface area contributed by atoms with E-state index in [0.717, 1.165) is 12.1 Å². The van der Waals surface area contributed by atoms with Crippen molar-refractivity contribution in [1.82, 2.24) is 14.3 Å². The Morgan fingerprint density at radius 3 is 2.64 bits per heavy atom. The highest BCUT2D eigenvalue weighted by atomic mass is 32.2. The molecule has 1 fully saturated rings. The first kappa shape index (κ1) is 17.7. The van der Waals surface area contributed by atoms with Gasteiger partial charge in [-0.3, -0.25) is 0 Å². The second-order valence-corrected chi connectivity index (χ2v) is 7.73. The van der Waals surface area contributed by atoms with Crippen LogP contribution in [-0.2, 0) is 10.0 Å². The summed E-state index contributed by atoms with van der Waals surface area (Å²) in [7, 11) is -4.00. The van der Waals surface area contributed by atoms with Crippen LogP contribution in [0.3, 0.4) is 0 Å². The molecule has 3 rings (SSSR count). The van der Waals surface area contributed by atoms with Crippen LogP contribution in [-0.4, -0.2) is 41.9 Å². The highest BCUT2D eigenvalue weighted by Gasteiger charge is 2.32. The van der Waals surface area contributed by atoms with Gasteiger partial charge in [0.25, 0.3) is 0 Å². The fraction of sp³-hybridized carbons (Fsp3) is 0.375. The van der Waals surface area contributed by atoms with Crippen molar-refractivity contribution in [3.8, 4) is 5.88 Å². The molecular weight excluding hydrogens is 352 g/mol. The summed E-state index contributed by atoms with van der Waals surface area (Å²) in [4.78, 5) is 7.71. The van der Waals surface area contributed by atoms with E-state index in [1.807, 2.05) is 0 Å². The molecule has 1 unspecified atom stereocenters. The Balaban J connectivity index is 1.78. The predicted molar refractivity (Wildman–Crippen MR) is 85.5 cm³/mol. The molecule has 1 saturated heterocycles. The van der Waals surface area contributed by atoms with Crippen molar-refractivity contribution in [3.63, 3.8) is 0 Å². The van der Waals surface area contributed by atoms with Gasteiger partial charge < -0.3 is 4.74 Å². The van der Waals surface area contributed by atoms with Crippen LogP contribution >= 0.6 is 0 Å². The van der Waals surface area contributed by atoms with E-state index in [-0.39, 0.29) is 13.1 Å². The molecule has 1 aliphatic heterocycles. The van der Waals surface area contributed by atoms with Gasteiger partial charge in [-0.15, -0.1) is 0 Å². The van der Waals surface area contributed by atoms with Gasteiger partial charge in [0, 0.05) is 24.9 Å². The first-order valence-electron chi connectivity index (χ1n) is 7.77. The number of hydrogen-bond acceptors (Lipinski definition) is 5. The van der Waals surface area contributed by atoms with Gasteiger partial charge in [0.2, 0.25) is 15.9 Å². The highest BCUT2D eigenvalue weighted by Crippen LogP contribution is 2.24. The maximum absolute atomic E-state index is 13.4. The van der Waals surface area contributed by atoms with Crippen molar-refractivity contribution in [2.75, 3.05) is 13.1 Å². The Morgan fingerprint density at radius 2 is 1.96 bits per heavy atom. The lowest BCUT2D eigenvalue weighted by Crippen LogP contribution is -2.44. The van der Waals surface area contributed by atoms with Gasteiger partial charge in [0.1, 0.15) is 23.6 Å². The number of ether oxygens (including phenoxy) is 1. The first-order valence-corrected chi connectivity index (χ1v) is 9.21. The molecule has 0 spiro atoms. The van der Waals surface area contributed by atoms with Crippen molar-refractivity contribution in [1.29, 1.82) is 0 Å². The Bertz CT molecular complexity index is 856. The number of aromatic nitrogens is 2. The molecule has 2 heterocycles. The third kappa shape index (κ3) is 4.10. The van der Waals surface area contributed by atoms with Crippen LogP contribution in [0.2, 0.25) is 0 Å². The van der Waals surface area contributed by atoms with E-state index in [9.17, 15) is 17.2 Å². The van der Waals surface area contributed by atoms with Crippen molar-refractivity contribution in [2.45, 2.75) is 30.8 Å². The molecule has 1 aliphatic rings. The minimum atomic E-state index is -4.00. The number of rotatable bonds is 4. The van der Waals surface area contributed by atoms with Crippen molar-refractivity contribution < 1.29 is 21.9 Å². The van der Waals surface area contributed by atoms with E-state index >= 15 is 0 Å². The molecule has 6 nitrogen and oxygen atoms in total. The smallest absolute Gasteiger partial charge is 0.243 e. The van der Waals surface area contributed by atoms with Crippen molar-refractivity contribution in [3.05, 3.63) is 47.9 Å². The number of halogens is 2. The van der Waals surface area contributed by atoms with E-state index in [1.165, 1.54) is 4.31 Å². The maximum atomic E-state index is 13.4. The minimum Gasteiger partial charge on any atom is -0.473 e. The van der Waals surface area contributed by atoms with Crippen LogP contribution in [0.15, 0.2) is 35.4 Å². The molecule has 25 heavy (non-hydrogen) atoms. The molecule has 0 N–H and O–H groups in total. The summed E-state index contributed by atoms with van der Waals surface area (Å²) >= 11 is 0. The molecule has 1 aromatic carbocycles. The van der Waals surface area contributed by atoms with Gasteiger partial charge in [0.15, 0.2) is 0 Å². The molecule has 0 aliphatic carbocycles. The average Bonchev–Trinajstić information content (AvgIpc) is 2.54. The number of aryl methyl sites for hydroxylation is 1. The zero-order valence-corrected chi connectivity index (χ0v) is 14.3. The lowest BCUT2D eigenvalue weighted by molar-refractivity contribution is 0.124. The lowest BCUT2D eigenvalue weighted by Gasteiger charge is -2.31. The summed E-state index contributed by atoms with van der Waals surface area (Å²) in [6, 6.07) is 3.87.